The molecule has 0 aliphatic heterocycles. The van der Waals surface area contributed by atoms with Gasteiger partial charge in [0.2, 0.25) is 5.91 Å². The van der Waals surface area contributed by atoms with Crippen LogP contribution in [0.5, 0.6) is 0 Å². The number of carbonyl (C=O) groups is 2. The fourth-order valence-corrected chi connectivity index (χ4v) is 2.23. The number of halogens is 1. The molecule has 2 N–H and O–H groups in total. The average molecular weight is 362 g/mol. The number of carbonyl (C=O) groups excluding carboxylic acids is 2. The summed E-state index contributed by atoms with van der Waals surface area (Å²) in [6.07, 6.45) is 2.38. The van der Waals surface area contributed by atoms with Gasteiger partial charge < -0.3 is 10.6 Å². The van der Waals surface area contributed by atoms with E-state index in [1.54, 1.807) is 24.4 Å². The Labute approximate surface area is 137 Å². The summed E-state index contributed by atoms with van der Waals surface area (Å²) in [4.78, 5) is 27.7. The minimum absolute atomic E-state index is 0.0481. The van der Waals surface area contributed by atoms with Gasteiger partial charge in [-0.15, -0.1) is 0 Å². The zero-order valence-electron chi connectivity index (χ0n) is 11.9. The minimum atomic E-state index is -0.277. The summed E-state index contributed by atoms with van der Waals surface area (Å²) in [5, 5.41) is 5.33. The first-order valence-electron chi connectivity index (χ1n) is 6.85. The SMILES string of the molecule is O=C(CNC(=O)c1cccc(Br)c1)NCCc1ccccn1. The number of amides is 2. The van der Waals surface area contributed by atoms with E-state index in [-0.39, 0.29) is 18.4 Å². The normalized spacial score (nSPS) is 10.0. The van der Waals surface area contributed by atoms with Crippen molar-refractivity contribution in [2.45, 2.75) is 6.42 Å². The summed E-state index contributed by atoms with van der Waals surface area (Å²) in [6.45, 7) is 0.441. The Balaban J connectivity index is 1.70. The van der Waals surface area contributed by atoms with Crippen LogP contribution in [0, 0.1) is 0 Å². The van der Waals surface area contributed by atoms with E-state index in [1.807, 2.05) is 24.3 Å². The van der Waals surface area contributed by atoms with Crippen molar-refractivity contribution in [1.82, 2.24) is 15.6 Å². The fourth-order valence-electron chi connectivity index (χ4n) is 1.83. The van der Waals surface area contributed by atoms with Crippen molar-refractivity contribution in [3.05, 3.63) is 64.4 Å². The lowest BCUT2D eigenvalue weighted by molar-refractivity contribution is -0.120. The second-order valence-electron chi connectivity index (χ2n) is 4.61. The molecule has 6 heteroatoms. The lowest BCUT2D eigenvalue weighted by Gasteiger charge is -2.07. The number of nitrogens with one attached hydrogen (secondary N) is 2. The highest BCUT2D eigenvalue weighted by atomic mass is 79.9. The number of benzene rings is 1. The predicted octanol–water partition coefficient (Wildman–Crippen LogP) is 1.93. The van der Waals surface area contributed by atoms with Crippen LogP contribution in [0.4, 0.5) is 0 Å². The molecule has 114 valence electrons. The van der Waals surface area contributed by atoms with E-state index >= 15 is 0 Å². The lowest BCUT2D eigenvalue weighted by Crippen LogP contribution is -2.37. The van der Waals surface area contributed by atoms with E-state index in [0.717, 1.165) is 10.2 Å². The van der Waals surface area contributed by atoms with E-state index < -0.39 is 0 Å². The van der Waals surface area contributed by atoms with Gasteiger partial charge in [-0.25, -0.2) is 0 Å². The molecule has 1 aromatic carbocycles. The number of pyridine rings is 1. The summed E-state index contributed by atoms with van der Waals surface area (Å²) >= 11 is 3.30. The molecule has 0 spiro atoms. The Morgan fingerprint density at radius 3 is 2.68 bits per heavy atom. The first-order valence-corrected chi connectivity index (χ1v) is 7.65. The molecule has 0 unspecified atom stereocenters. The molecule has 1 aromatic heterocycles. The predicted molar refractivity (Wildman–Crippen MR) is 87.4 cm³/mol. The van der Waals surface area contributed by atoms with Crippen molar-refractivity contribution in [2.75, 3.05) is 13.1 Å². The topological polar surface area (TPSA) is 71.1 Å². The minimum Gasteiger partial charge on any atom is -0.354 e. The number of hydrogen-bond acceptors (Lipinski definition) is 3. The average Bonchev–Trinajstić information content (AvgIpc) is 2.53. The Morgan fingerprint density at radius 1 is 1.09 bits per heavy atom. The van der Waals surface area contributed by atoms with Crippen LogP contribution in [0.2, 0.25) is 0 Å². The molecule has 0 saturated heterocycles. The van der Waals surface area contributed by atoms with Gasteiger partial charge in [-0.2, -0.15) is 0 Å². The quantitative estimate of drug-likeness (QED) is 0.825. The van der Waals surface area contributed by atoms with Gasteiger partial charge in [-0.05, 0) is 30.3 Å². The lowest BCUT2D eigenvalue weighted by atomic mass is 10.2. The van der Waals surface area contributed by atoms with Crippen LogP contribution < -0.4 is 10.6 Å². The van der Waals surface area contributed by atoms with Gasteiger partial charge in [0.25, 0.3) is 5.91 Å². The number of nitrogens with zero attached hydrogens (tertiary/aromatic N) is 1. The largest absolute Gasteiger partial charge is 0.354 e. The number of aromatic nitrogens is 1. The van der Waals surface area contributed by atoms with E-state index in [2.05, 4.69) is 31.5 Å². The third-order valence-corrected chi connectivity index (χ3v) is 3.42. The molecule has 0 aliphatic rings. The molecule has 0 atom stereocenters. The van der Waals surface area contributed by atoms with Crippen molar-refractivity contribution in [2.24, 2.45) is 0 Å². The van der Waals surface area contributed by atoms with Crippen molar-refractivity contribution in [1.29, 1.82) is 0 Å². The van der Waals surface area contributed by atoms with E-state index in [4.69, 9.17) is 0 Å². The number of rotatable bonds is 6. The third-order valence-electron chi connectivity index (χ3n) is 2.93. The first kappa shape index (κ1) is 16.2. The van der Waals surface area contributed by atoms with Crippen LogP contribution in [-0.2, 0) is 11.2 Å². The molecule has 22 heavy (non-hydrogen) atoms. The van der Waals surface area contributed by atoms with Crippen molar-refractivity contribution < 1.29 is 9.59 Å². The van der Waals surface area contributed by atoms with E-state index in [0.29, 0.717) is 18.5 Å². The molecular formula is C16H16BrN3O2. The van der Waals surface area contributed by atoms with Crippen molar-refractivity contribution in [3.8, 4) is 0 Å². The van der Waals surface area contributed by atoms with Crippen LogP contribution in [0.1, 0.15) is 16.1 Å². The highest BCUT2D eigenvalue weighted by molar-refractivity contribution is 9.10. The fraction of sp³-hybridized carbons (Fsp3) is 0.188. The standard InChI is InChI=1S/C16H16BrN3O2/c17-13-5-3-4-12(10-13)16(22)20-11-15(21)19-9-7-14-6-1-2-8-18-14/h1-6,8,10H,7,9,11H2,(H,19,21)(H,20,22). The maximum absolute atomic E-state index is 11.9. The summed E-state index contributed by atoms with van der Waals surface area (Å²) in [6, 6.07) is 12.7. The van der Waals surface area contributed by atoms with E-state index in [1.165, 1.54) is 0 Å². The summed E-state index contributed by atoms with van der Waals surface area (Å²) in [5.74, 6) is -0.500. The van der Waals surface area contributed by atoms with Crippen LogP contribution in [-0.4, -0.2) is 29.9 Å². The second-order valence-corrected chi connectivity index (χ2v) is 5.53. The van der Waals surface area contributed by atoms with Crippen LogP contribution >= 0.6 is 15.9 Å². The Bertz CT molecular complexity index is 647. The molecule has 0 saturated carbocycles. The molecule has 2 amide bonds. The molecule has 2 aromatic rings. The van der Waals surface area contributed by atoms with Gasteiger partial charge in [0.1, 0.15) is 0 Å². The molecule has 0 aliphatic carbocycles. The summed E-state index contributed by atoms with van der Waals surface area (Å²) in [5.41, 5.74) is 1.43. The second kappa shape index (κ2) is 8.29. The smallest absolute Gasteiger partial charge is 0.251 e. The molecule has 1 heterocycles. The third kappa shape index (κ3) is 5.29. The van der Waals surface area contributed by atoms with Gasteiger partial charge >= 0.3 is 0 Å². The zero-order chi connectivity index (χ0) is 15.8. The van der Waals surface area contributed by atoms with Gasteiger partial charge in [0.05, 0.1) is 6.54 Å². The van der Waals surface area contributed by atoms with Gasteiger partial charge in [0, 0.05) is 34.9 Å². The van der Waals surface area contributed by atoms with Crippen molar-refractivity contribution >= 4 is 27.7 Å². The molecular weight excluding hydrogens is 346 g/mol. The van der Waals surface area contributed by atoms with Crippen LogP contribution in [0.25, 0.3) is 0 Å². The maximum Gasteiger partial charge on any atom is 0.251 e. The highest BCUT2D eigenvalue weighted by Crippen LogP contribution is 2.11. The summed E-state index contributed by atoms with van der Waals surface area (Å²) < 4.78 is 0.819. The molecule has 0 radical (unpaired) electrons. The van der Waals surface area contributed by atoms with Crippen molar-refractivity contribution in [3.63, 3.8) is 0 Å². The van der Waals surface area contributed by atoms with Gasteiger partial charge in [-0.1, -0.05) is 28.1 Å². The van der Waals surface area contributed by atoms with Gasteiger partial charge in [0.15, 0.2) is 0 Å². The maximum atomic E-state index is 11.9. The Morgan fingerprint density at radius 2 is 1.95 bits per heavy atom. The Hall–Kier alpha value is -2.21. The monoisotopic (exact) mass is 361 g/mol. The molecule has 0 bridgehead atoms. The first-order chi connectivity index (χ1) is 10.6. The molecule has 0 fully saturated rings. The van der Waals surface area contributed by atoms with E-state index in [9.17, 15) is 9.59 Å². The number of hydrogen-bond donors (Lipinski definition) is 2. The Kier molecular flexibility index (Phi) is 6.09. The van der Waals surface area contributed by atoms with Gasteiger partial charge in [-0.3, -0.25) is 14.6 Å². The van der Waals surface area contributed by atoms with Crippen LogP contribution in [0.15, 0.2) is 53.1 Å². The van der Waals surface area contributed by atoms with Crippen LogP contribution in [0.3, 0.4) is 0 Å². The molecule has 2 rings (SSSR count). The zero-order valence-corrected chi connectivity index (χ0v) is 13.5. The highest BCUT2D eigenvalue weighted by Gasteiger charge is 2.08. The molecule has 5 nitrogen and oxygen atoms in total. The summed E-state index contributed by atoms with van der Waals surface area (Å²) in [7, 11) is 0.